The fourth-order valence-electron chi connectivity index (χ4n) is 2.46. The van der Waals surface area contributed by atoms with Crippen LogP contribution in [0.2, 0.25) is 0 Å². The summed E-state index contributed by atoms with van der Waals surface area (Å²) >= 11 is 0. The highest BCUT2D eigenvalue weighted by molar-refractivity contribution is 5.52. The van der Waals surface area contributed by atoms with Gasteiger partial charge in [-0.05, 0) is 43.3 Å². The second-order valence-electron chi connectivity index (χ2n) is 5.91. The molecule has 0 fully saturated rings. The fraction of sp³-hybridized carbons (Fsp3) is 0.150. The topological polar surface area (TPSA) is 70.8 Å². The van der Waals surface area contributed by atoms with Gasteiger partial charge < -0.3 is 10.1 Å². The van der Waals surface area contributed by atoms with Crippen molar-refractivity contribution in [2.24, 2.45) is 0 Å². The number of alkyl halides is 3. The molecule has 28 heavy (non-hydrogen) atoms. The molecule has 0 aliphatic heterocycles. The normalized spacial score (nSPS) is 11.0. The zero-order chi connectivity index (χ0) is 20.1. The number of pyridine rings is 2. The average molecular weight is 384 g/mol. The molecule has 142 valence electrons. The van der Waals surface area contributed by atoms with Gasteiger partial charge in [-0.25, -0.2) is 9.97 Å². The zero-order valence-electron chi connectivity index (χ0n) is 14.8. The Hall–Kier alpha value is -3.60. The van der Waals surface area contributed by atoms with E-state index in [0.717, 1.165) is 17.8 Å². The van der Waals surface area contributed by atoms with Crippen molar-refractivity contribution in [2.75, 3.05) is 5.32 Å². The highest BCUT2D eigenvalue weighted by Gasteiger charge is 2.30. The molecule has 0 bridgehead atoms. The lowest BCUT2D eigenvalue weighted by atomic mass is 10.2. The highest BCUT2D eigenvalue weighted by Crippen LogP contribution is 2.33. The number of nitriles is 1. The number of aryl methyl sites for hydroxylation is 1. The number of rotatable bonds is 5. The molecule has 2 heterocycles. The summed E-state index contributed by atoms with van der Waals surface area (Å²) in [5.41, 5.74) is 0.929. The van der Waals surface area contributed by atoms with Crippen molar-refractivity contribution in [2.45, 2.75) is 19.6 Å². The third kappa shape index (κ3) is 4.57. The molecule has 0 unspecified atom stereocenters. The molecule has 1 aromatic carbocycles. The number of anilines is 1. The van der Waals surface area contributed by atoms with E-state index in [-0.39, 0.29) is 18.2 Å². The lowest BCUT2D eigenvalue weighted by Crippen LogP contribution is -2.07. The zero-order valence-corrected chi connectivity index (χ0v) is 14.8. The second-order valence-corrected chi connectivity index (χ2v) is 5.91. The van der Waals surface area contributed by atoms with Gasteiger partial charge in [0.05, 0.1) is 11.1 Å². The Morgan fingerprint density at radius 3 is 2.71 bits per heavy atom. The average Bonchev–Trinajstić information content (AvgIpc) is 2.67. The molecule has 3 rings (SSSR count). The van der Waals surface area contributed by atoms with Crippen LogP contribution in [0.25, 0.3) is 0 Å². The van der Waals surface area contributed by atoms with Gasteiger partial charge in [0.2, 0.25) is 5.88 Å². The van der Waals surface area contributed by atoms with E-state index in [1.54, 1.807) is 31.2 Å². The van der Waals surface area contributed by atoms with Crippen LogP contribution in [0.3, 0.4) is 0 Å². The van der Waals surface area contributed by atoms with Crippen LogP contribution in [0.15, 0.2) is 54.7 Å². The molecule has 0 radical (unpaired) electrons. The Morgan fingerprint density at radius 2 is 1.96 bits per heavy atom. The van der Waals surface area contributed by atoms with Gasteiger partial charge in [0.15, 0.2) is 0 Å². The summed E-state index contributed by atoms with van der Waals surface area (Å²) in [4.78, 5) is 8.40. The number of hydrogen-bond donors (Lipinski definition) is 1. The summed E-state index contributed by atoms with van der Waals surface area (Å²) in [5.74, 6) is 0.609. The number of benzene rings is 1. The Bertz CT molecular complexity index is 1030. The van der Waals surface area contributed by atoms with E-state index < -0.39 is 11.7 Å². The molecule has 0 spiro atoms. The summed E-state index contributed by atoms with van der Waals surface area (Å²) in [6.45, 7) is 2.03. The van der Waals surface area contributed by atoms with Gasteiger partial charge >= 0.3 is 6.18 Å². The Balaban J connectivity index is 1.81. The number of halogens is 3. The van der Waals surface area contributed by atoms with Crippen molar-refractivity contribution in [3.8, 4) is 17.7 Å². The SMILES string of the molecule is Cc1ccc(C#N)c(NCc2cccnc2Oc2cccc(C(F)(F)F)c2)n1. The number of hydrogen-bond acceptors (Lipinski definition) is 5. The number of nitrogens with zero attached hydrogens (tertiary/aromatic N) is 3. The third-order valence-corrected chi connectivity index (χ3v) is 3.83. The molecule has 5 nitrogen and oxygen atoms in total. The molecule has 8 heteroatoms. The van der Waals surface area contributed by atoms with Crippen LogP contribution in [-0.4, -0.2) is 9.97 Å². The minimum absolute atomic E-state index is 0.0289. The van der Waals surface area contributed by atoms with Crippen LogP contribution in [0, 0.1) is 18.3 Å². The Morgan fingerprint density at radius 1 is 1.14 bits per heavy atom. The standard InChI is InChI=1S/C20H15F3N4O/c1-13-7-8-14(11-24)18(27-13)26-12-15-4-3-9-25-19(15)28-17-6-2-5-16(10-17)20(21,22)23/h2-10H,12H2,1H3,(H,26,27). The predicted octanol–water partition coefficient (Wildman–Crippen LogP) is 5.08. The maximum absolute atomic E-state index is 12.9. The van der Waals surface area contributed by atoms with E-state index in [1.807, 2.05) is 0 Å². The van der Waals surface area contributed by atoms with Crippen LogP contribution in [0.1, 0.15) is 22.4 Å². The highest BCUT2D eigenvalue weighted by atomic mass is 19.4. The molecule has 3 aromatic rings. The second kappa shape index (κ2) is 7.96. The van der Waals surface area contributed by atoms with E-state index in [4.69, 9.17) is 4.74 Å². The minimum atomic E-state index is -4.46. The summed E-state index contributed by atoms with van der Waals surface area (Å²) in [5, 5.41) is 12.2. The molecule has 0 atom stereocenters. The molecular weight excluding hydrogens is 369 g/mol. The molecule has 0 saturated heterocycles. The first kappa shape index (κ1) is 19.2. The van der Waals surface area contributed by atoms with E-state index in [0.29, 0.717) is 16.9 Å². The van der Waals surface area contributed by atoms with Gasteiger partial charge in [-0.15, -0.1) is 0 Å². The first-order valence-electron chi connectivity index (χ1n) is 8.27. The van der Waals surface area contributed by atoms with Crippen LogP contribution >= 0.6 is 0 Å². The first-order valence-corrected chi connectivity index (χ1v) is 8.27. The largest absolute Gasteiger partial charge is 0.439 e. The number of aromatic nitrogens is 2. The lowest BCUT2D eigenvalue weighted by molar-refractivity contribution is -0.137. The number of ether oxygens (including phenoxy) is 1. The molecule has 2 aromatic heterocycles. The first-order chi connectivity index (χ1) is 13.4. The summed E-state index contributed by atoms with van der Waals surface area (Å²) in [6, 6.07) is 13.5. The van der Waals surface area contributed by atoms with Crippen molar-refractivity contribution in [3.05, 3.63) is 77.1 Å². The van der Waals surface area contributed by atoms with Crippen LogP contribution in [0.4, 0.5) is 19.0 Å². The molecule has 0 amide bonds. The summed E-state index contributed by atoms with van der Waals surface area (Å²) in [7, 11) is 0. The minimum Gasteiger partial charge on any atom is -0.439 e. The number of nitrogens with one attached hydrogen (secondary N) is 1. The Labute approximate surface area is 159 Å². The van der Waals surface area contributed by atoms with E-state index in [2.05, 4.69) is 21.4 Å². The van der Waals surface area contributed by atoms with Gasteiger partial charge in [-0.2, -0.15) is 18.4 Å². The van der Waals surface area contributed by atoms with Crippen molar-refractivity contribution < 1.29 is 17.9 Å². The fourth-order valence-corrected chi connectivity index (χ4v) is 2.46. The molecule has 0 saturated carbocycles. The smallest absolute Gasteiger partial charge is 0.416 e. The van der Waals surface area contributed by atoms with Gasteiger partial charge in [0.25, 0.3) is 0 Å². The molecule has 0 aliphatic rings. The quantitative estimate of drug-likeness (QED) is 0.664. The van der Waals surface area contributed by atoms with Crippen molar-refractivity contribution in [1.29, 1.82) is 5.26 Å². The maximum Gasteiger partial charge on any atom is 0.416 e. The molecule has 1 N–H and O–H groups in total. The van der Waals surface area contributed by atoms with Crippen LogP contribution in [-0.2, 0) is 12.7 Å². The van der Waals surface area contributed by atoms with Crippen molar-refractivity contribution in [1.82, 2.24) is 9.97 Å². The van der Waals surface area contributed by atoms with Crippen LogP contribution < -0.4 is 10.1 Å². The molecular formula is C20H15F3N4O. The lowest BCUT2D eigenvalue weighted by Gasteiger charge is -2.13. The van der Waals surface area contributed by atoms with Gasteiger partial charge in [0.1, 0.15) is 17.6 Å². The van der Waals surface area contributed by atoms with E-state index in [1.165, 1.54) is 18.3 Å². The monoisotopic (exact) mass is 384 g/mol. The predicted molar refractivity (Wildman–Crippen MR) is 96.8 cm³/mol. The van der Waals surface area contributed by atoms with Gasteiger partial charge in [0, 0.05) is 24.0 Å². The maximum atomic E-state index is 12.9. The Kier molecular flexibility index (Phi) is 5.45. The van der Waals surface area contributed by atoms with Gasteiger partial charge in [-0.1, -0.05) is 12.1 Å². The van der Waals surface area contributed by atoms with E-state index >= 15 is 0 Å². The van der Waals surface area contributed by atoms with Gasteiger partial charge in [-0.3, -0.25) is 0 Å². The molecule has 0 aliphatic carbocycles. The summed E-state index contributed by atoms with van der Waals surface area (Å²) in [6.07, 6.45) is -2.98. The summed E-state index contributed by atoms with van der Waals surface area (Å²) < 4.78 is 44.2. The third-order valence-electron chi connectivity index (χ3n) is 3.83. The van der Waals surface area contributed by atoms with Crippen molar-refractivity contribution >= 4 is 5.82 Å². The van der Waals surface area contributed by atoms with Crippen molar-refractivity contribution in [3.63, 3.8) is 0 Å². The van der Waals surface area contributed by atoms with Crippen LogP contribution in [0.5, 0.6) is 11.6 Å². The van der Waals surface area contributed by atoms with E-state index in [9.17, 15) is 18.4 Å².